The van der Waals surface area contributed by atoms with Crippen molar-refractivity contribution in [2.75, 3.05) is 7.11 Å². The Balaban J connectivity index is 2.38. The lowest BCUT2D eigenvalue weighted by Crippen LogP contribution is -2.04. The first-order chi connectivity index (χ1) is 9.72. The van der Waals surface area contributed by atoms with E-state index in [1.807, 2.05) is 18.2 Å². The average Bonchev–Trinajstić information content (AvgIpc) is 2.51. The van der Waals surface area contributed by atoms with Crippen LogP contribution in [0.4, 0.5) is 0 Å². The highest BCUT2D eigenvalue weighted by molar-refractivity contribution is 5.87. The third-order valence-electron chi connectivity index (χ3n) is 3.11. The molecule has 4 heteroatoms. The van der Waals surface area contributed by atoms with Gasteiger partial charge < -0.3 is 14.3 Å². The van der Waals surface area contributed by atoms with Crippen LogP contribution in [0.5, 0.6) is 11.5 Å². The van der Waals surface area contributed by atoms with Crippen LogP contribution in [0.15, 0.2) is 57.7 Å². The summed E-state index contributed by atoms with van der Waals surface area (Å²) in [5, 5.41) is 10.3. The van der Waals surface area contributed by atoms with Crippen molar-refractivity contribution in [1.29, 1.82) is 0 Å². The third-order valence-corrected chi connectivity index (χ3v) is 3.11. The molecule has 0 aliphatic rings. The van der Waals surface area contributed by atoms with Gasteiger partial charge in [0.05, 0.1) is 7.11 Å². The van der Waals surface area contributed by atoms with Crippen molar-refractivity contribution in [1.82, 2.24) is 0 Å². The number of benzene rings is 2. The number of ether oxygens (including phenoxy) is 1. The second-order valence-electron chi connectivity index (χ2n) is 4.31. The maximum absolute atomic E-state index is 12.3. The number of fused-ring (bicyclic) bond motifs is 1. The number of rotatable bonds is 2. The molecule has 0 radical (unpaired) electrons. The van der Waals surface area contributed by atoms with Crippen LogP contribution in [-0.4, -0.2) is 12.2 Å². The van der Waals surface area contributed by atoms with Gasteiger partial charge in [0.1, 0.15) is 16.7 Å². The van der Waals surface area contributed by atoms with E-state index in [4.69, 9.17) is 9.15 Å². The van der Waals surface area contributed by atoms with Gasteiger partial charge >= 0.3 is 0 Å². The highest BCUT2D eigenvalue weighted by Crippen LogP contribution is 2.32. The first-order valence-corrected chi connectivity index (χ1v) is 6.10. The van der Waals surface area contributed by atoms with Gasteiger partial charge in [-0.1, -0.05) is 36.4 Å². The van der Waals surface area contributed by atoms with Gasteiger partial charge in [0.25, 0.3) is 0 Å². The van der Waals surface area contributed by atoms with Crippen molar-refractivity contribution in [2.24, 2.45) is 0 Å². The summed E-state index contributed by atoms with van der Waals surface area (Å²) in [4.78, 5) is 12.3. The van der Waals surface area contributed by atoms with Crippen LogP contribution in [0, 0.1) is 0 Å². The number of aromatic hydroxyl groups is 1. The minimum atomic E-state index is -0.498. The Morgan fingerprint density at radius 2 is 1.80 bits per heavy atom. The number of hydrogen-bond donors (Lipinski definition) is 1. The molecule has 0 amide bonds. The minimum Gasteiger partial charge on any atom is -0.502 e. The Morgan fingerprint density at radius 3 is 2.50 bits per heavy atom. The Labute approximate surface area is 114 Å². The molecule has 3 aromatic rings. The molecular weight excluding hydrogens is 256 g/mol. The predicted molar refractivity (Wildman–Crippen MR) is 76.1 cm³/mol. The maximum Gasteiger partial charge on any atom is 0.238 e. The molecule has 1 N–H and O–H groups in total. The zero-order valence-corrected chi connectivity index (χ0v) is 10.8. The smallest absolute Gasteiger partial charge is 0.238 e. The van der Waals surface area contributed by atoms with Gasteiger partial charge in [0.2, 0.25) is 11.2 Å². The van der Waals surface area contributed by atoms with Crippen LogP contribution in [0.1, 0.15) is 0 Å². The molecule has 0 bridgehead atoms. The number of methoxy groups -OCH3 is 1. The van der Waals surface area contributed by atoms with E-state index >= 15 is 0 Å². The fourth-order valence-corrected chi connectivity index (χ4v) is 2.15. The molecule has 3 rings (SSSR count). The van der Waals surface area contributed by atoms with Crippen molar-refractivity contribution in [3.05, 3.63) is 58.8 Å². The summed E-state index contributed by atoms with van der Waals surface area (Å²) in [7, 11) is 1.47. The van der Waals surface area contributed by atoms with E-state index in [9.17, 15) is 9.90 Å². The topological polar surface area (TPSA) is 59.7 Å². The summed E-state index contributed by atoms with van der Waals surface area (Å²) in [6, 6.07) is 14.1. The van der Waals surface area contributed by atoms with E-state index in [2.05, 4.69) is 0 Å². The average molecular weight is 268 g/mol. The predicted octanol–water partition coefficient (Wildman–Crippen LogP) is 3.17. The van der Waals surface area contributed by atoms with E-state index in [-0.39, 0.29) is 11.1 Å². The van der Waals surface area contributed by atoms with Gasteiger partial charge in [-0.15, -0.1) is 0 Å². The molecule has 100 valence electrons. The Morgan fingerprint density at radius 1 is 1.05 bits per heavy atom. The van der Waals surface area contributed by atoms with Gasteiger partial charge in [0.15, 0.2) is 5.76 Å². The van der Waals surface area contributed by atoms with E-state index in [0.29, 0.717) is 16.9 Å². The summed E-state index contributed by atoms with van der Waals surface area (Å²) in [5.74, 6) is 0.135. The van der Waals surface area contributed by atoms with Gasteiger partial charge in [-0.05, 0) is 12.1 Å². The van der Waals surface area contributed by atoms with E-state index in [1.165, 1.54) is 7.11 Å². The molecule has 1 heterocycles. The van der Waals surface area contributed by atoms with E-state index in [1.54, 1.807) is 30.3 Å². The molecule has 0 spiro atoms. The lowest BCUT2D eigenvalue weighted by molar-refractivity contribution is 0.416. The Bertz CT molecular complexity index is 819. The molecule has 0 aliphatic carbocycles. The normalized spacial score (nSPS) is 10.7. The first kappa shape index (κ1) is 12.3. The van der Waals surface area contributed by atoms with Crippen molar-refractivity contribution in [3.8, 4) is 22.8 Å². The van der Waals surface area contributed by atoms with Gasteiger partial charge in [-0.25, -0.2) is 0 Å². The highest BCUT2D eigenvalue weighted by atomic mass is 16.5. The Kier molecular flexibility index (Phi) is 2.91. The van der Waals surface area contributed by atoms with Crippen molar-refractivity contribution in [2.45, 2.75) is 0 Å². The third kappa shape index (κ3) is 1.82. The Hall–Kier alpha value is -2.75. The van der Waals surface area contributed by atoms with Crippen LogP contribution >= 0.6 is 0 Å². The first-order valence-electron chi connectivity index (χ1n) is 6.10. The molecule has 20 heavy (non-hydrogen) atoms. The van der Waals surface area contributed by atoms with Crippen molar-refractivity contribution in [3.63, 3.8) is 0 Å². The summed E-state index contributed by atoms with van der Waals surface area (Å²) in [6.07, 6.45) is 0. The second kappa shape index (κ2) is 4.74. The fourth-order valence-electron chi connectivity index (χ4n) is 2.15. The fraction of sp³-hybridized carbons (Fsp3) is 0.0625. The van der Waals surface area contributed by atoms with Crippen LogP contribution in [0.3, 0.4) is 0 Å². The summed E-state index contributed by atoms with van der Waals surface area (Å²) in [6.45, 7) is 0. The molecule has 4 nitrogen and oxygen atoms in total. The van der Waals surface area contributed by atoms with Crippen LogP contribution < -0.4 is 10.2 Å². The molecule has 0 unspecified atom stereocenters. The van der Waals surface area contributed by atoms with Crippen molar-refractivity contribution >= 4 is 11.0 Å². The van der Waals surface area contributed by atoms with Gasteiger partial charge in [0, 0.05) is 5.56 Å². The molecule has 0 aliphatic heterocycles. The molecule has 0 saturated heterocycles. The summed E-state index contributed by atoms with van der Waals surface area (Å²) < 4.78 is 10.8. The molecule has 0 fully saturated rings. The minimum absolute atomic E-state index is 0.163. The standard InChI is InChI=1S/C16H12O4/c1-19-11-8-5-9-12-13(11)14(17)15(18)16(20-12)10-6-3-2-4-7-10/h2-9,18H,1H3. The molecule has 2 aromatic carbocycles. The maximum atomic E-state index is 12.3. The van der Waals surface area contributed by atoms with Gasteiger partial charge in [-0.2, -0.15) is 0 Å². The van der Waals surface area contributed by atoms with Gasteiger partial charge in [-0.3, -0.25) is 4.79 Å². The summed E-state index contributed by atoms with van der Waals surface area (Å²) >= 11 is 0. The molecule has 0 atom stereocenters. The van der Waals surface area contributed by atoms with Crippen LogP contribution in [-0.2, 0) is 0 Å². The lowest BCUT2D eigenvalue weighted by atomic mass is 10.1. The quantitative estimate of drug-likeness (QED) is 0.775. The number of hydrogen-bond acceptors (Lipinski definition) is 4. The summed E-state index contributed by atoms with van der Waals surface area (Å²) in [5.41, 5.74) is 0.528. The van der Waals surface area contributed by atoms with E-state index in [0.717, 1.165) is 0 Å². The zero-order chi connectivity index (χ0) is 14.1. The highest BCUT2D eigenvalue weighted by Gasteiger charge is 2.17. The zero-order valence-electron chi connectivity index (χ0n) is 10.8. The molecule has 1 aromatic heterocycles. The van der Waals surface area contributed by atoms with Crippen LogP contribution in [0.25, 0.3) is 22.3 Å². The SMILES string of the molecule is COc1cccc2oc(-c3ccccc3)c(O)c(=O)c12. The monoisotopic (exact) mass is 268 g/mol. The molecule has 0 saturated carbocycles. The lowest BCUT2D eigenvalue weighted by Gasteiger charge is -2.08. The largest absolute Gasteiger partial charge is 0.502 e. The second-order valence-corrected chi connectivity index (χ2v) is 4.31. The molecular formula is C16H12O4. The van der Waals surface area contributed by atoms with Crippen LogP contribution in [0.2, 0.25) is 0 Å². The van der Waals surface area contributed by atoms with Crippen molar-refractivity contribution < 1.29 is 14.3 Å². The van der Waals surface area contributed by atoms with E-state index < -0.39 is 11.2 Å².